The molecule has 0 bridgehead atoms. The Hall–Kier alpha value is -0.540. The molecule has 1 aliphatic rings. The number of rotatable bonds is 6. The van der Waals surface area contributed by atoms with Crippen molar-refractivity contribution in [3.8, 4) is 5.75 Å². The minimum absolute atomic E-state index is 0.744. The topological polar surface area (TPSA) is 21.3 Å². The molecule has 2 nitrogen and oxygen atoms in total. The molecular weight excluding hydrogens is 278 g/mol. The van der Waals surface area contributed by atoms with Gasteiger partial charge in [-0.05, 0) is 49.6 Å². The molecule has 0 unspecified atom stereocenters. The van der Waals surface area contributed by atoms with Crippen LogP contribution in [-0.4, -0.2) is 19.7 Å². The summed E-state index contributed by atoms with van der Waals surface area (Å²) >= 11 is 3.41. The van der Waals surface area contributed by atoms with E-state index in [-0.39, 0.29) is 0 Å². The van der Waals surface area contributed by atoms with E-state index in [9.17, 15) is 0 Å². The third-order valence-electron chi connectivity index (χ3n) is 3.27. The minimum atomic E-state index is 0.744. The van der Waals surface area contributed by atoms with Gasteiger partial charge in [0.1, 0.15) is 12.4 Å². The van der Waals surface area contributed by atoms with Crippen LogP contribution >= 0.6 is 15.9 Å². The Kier molecular flexibility index (Phi) is 5.33. The van der Waals surface area contributed by atoms with Crippen LogP contribution in [0.4, 0.5) is 0 Å². The van der Waals surface area contributed by atoms with E-state index in [2.05, 4.69) is 21.2 Å². The van der Waals surface area contributed by atoms with Gasteiger partial charge in [-0.3, -0.25) is 0 Å². The van der Waals surface area contributed by atoms with E-state index >= 15 is 0 Å². The molecule has 17 heavy (non-hydrogen) atoms. The van der Waals surface area contributed by atoms with Crippen molar-refractivity contribution in [1.29, 1.82) is 0 Å². The van der Waals surface area contributed by atoms with Gasteiger partial charge in [0.2, 0.25) is 0 Å². The van der Waals surface area contributed by atoms with E-state index in [0.717, 1.165) is 35.8 Å². The fraction of sp³-hybridized carbons (Fsp3) is 0.571. The standard InChI is InChI=1S/C14H20BrNO/c15-13-5-7-14(8-6-13)17-10-9-16-11-12-3-1-2-4-12/h5-8,12,16H,1-4,9-11H2. The van der Waals surface area contributed by atoms with Gasteiger partial charge in [0.25, 0.3) is 0 Å². The molecule has 0 aromatic heterocycles. The maximum Gasteiger partial charge on any atom is 0.119 e. The van der Waals surface area contributed by atoms with Gasteiger partial charge in [0, 0.05) is 11.0 Å². The van der Waals surface area contributed by atoms with Crippen molar-refractivity contribution in [2.45, 2.75) is 25.7 Å². The number of halogens is 1. The first-order valence-corrected chi connectivity index (χ1v) is 7.23. The summed E-state index contributed by atoms with van der Waals surface area (Å²) in [5, 5.41) is 3.47. The van der Waals surface area contributed by atoms with Gasteiger partial charge in [-0.1, -0.05) is 28.8 Å². The lowest BCUT2D eigenvalue weighted by atomic mass is 10.1. The van der Waals surface area contributed by atoms with Crippen molar-refractivity contribution in [2.75, 3.05) is 19.7 Å². The van der Waals surface area contributed by atoms with Crippen LogP contribution in [-0.2, 0) is 0 Å². The molecule has 1 aromatic rings. The van der Waals surface area contributed by atoms with Crippen molar-refractivity contribution in [1.82, 2.24) is 5.32 Å². The van der Waals surface area contributed by atoms with E-state index in [0.29, 0.717) is 0 Å². The van der Waals surface area contributed by atoms with Gasteiger partial charge in [0.05, 0.1) is 0 Å². The molecule has 0 heterocycles. The molecule has 0 spiro atoms. The lowest BCUT2D eigenvalue weighted by molar-refractivity contribution is 0.309. The Labute approximate surface area is 112 Å². The Bertz CT molecular complexity index is 319. The zero-order valence-corrected chi connectivity index (χ0v) is 11.7. The summed E-state index contributed by atoms with van der Waals surface area (Å²) in [6.07, 6.45) is 5.64. The minimum Gasteiger partial charge on any atom is -0.492 e. The van der Waals surface area contributed by atoms with Gasteiger partial charge in [-0.25, -0.2) is 0 Å². The SMILES string of the molecule is Brc1ccc(OCCNCC2CCCC2)cc1. The molecule has 1 N–H and O–H groups in total. The first kappa shape index (κ1) is 12.9. The maximum absolute atomic E-state index is 5.64. The lowest BCUT2D eigenvalue weighted by Gasteiger charge is -2.11. The third kappa shape index (κ3) is 4.68. The van der Waals surface area contributed by atoms with Crippen molar-refractivity contribution >= 4 is 15.9 Å². The summed E-state index contributed by atoms with van der Waals surface area (Å²) in [5.74, 6) is 1.85. The third-order valence-corrected chi connectivity index (χ3v) is 3.80. The Morgan fingerprint density at radius 2 is 1.88 bits per heavy atom. The molecule has 2 rings (SSSR count). The van der Waals surface area contributed by atoms with Crippen LogP contribution in [0.5, 0.6) is 5.75 Å². The summed E-state index contributed by atoms with van der Waals surface area (Å²) in [4.78, 5) is 0. The summed E-state index contributed by atoms with van der Waals surface area (Å²) in [7, 11) is 0. The van der Waals surface area contributed by atoms with Crippen LogP contribution in [0.25, 0.3) is 0 Å². The summed E-state index contributed by atoms with van der Waals surface area (Å²) in [6, 6.07) is 7.98. The zero-order valence-electron chi connectivity index (χ0n) is 10.1. The molecule has 0 amide bonds. The highest BCUT2D eigenvalue weighted by Gasteiger charge is 2.13. The second-order valence-corrected chi connectivity index (χ2v) is 5.57. The predicted molar refractivity (Wildman–Crippen MR) is 74.5 cm³/mol. The van der Waals surface area contributed by atoms with E-state index in [4.69, 9.17) is 4.74 Å². The molecule has 0 atom stereocenters. The summed E-state index contributed by atoms with van der Waals surface area (Å²) in [6.45, 7) is 2.84. The molecule has 3 heteroatoms. The number of nitrogens with one attached hydrogen (secondary N) is 1. The average Bonchev–Trinajstić information content (AvgIpc) is 2.84. The number of hydrogen-bond acceptors (Lipinski definition) is 2. The highest BCUT2D eigenvalue weighted by atomic mass is 79.9. The first-order valence-electron chi connectivity index (χ1n) is 6.44. The molecule has 94 valence electrons. The van der Waals surface area contributed by atoms with Gasteiger partial charge >= 0.3 is 0 Å². The zero-order chi connectivity index (χ0) is 11.9. The van der Waals surface area contributed by atoms with Crippen LogP contribution in [0.2, 0.25) is 0 Å². The van der Waals surface area contributed by atoms with Gasteiger partial charge in [-0.15, -0.1) is 0 Å². The largest absolute Gasteiger partial charge is 0.492 e. The highest BCUT2D eigenvalue weighted by Crippen LogP contribution is 2.23. The molecule has 0 aliphatic heterocycles. The normalized spacial score (nSPS) is 16.3. The van der Waals surface area contributed by atoms with Crippen molar-refractivity contribution in [3.05, 3.63) is 28.7 Å². The van der Waals surface area contributed by atoms with Crippen LogP contribution in [0.3, 0.4) is 0 Å². The van der Waals surface area contributed by atoms with E-state index in [1.54, 1.807) is 0 Å². The van der Waals surface area contributed by atoms with Crippen molar-refractivity contribution in [2.24, 2.45) is 5.92 Å². The molecule has 1 fully saturated rings. The van der Waals surface area contributed by atoms with Crippen molar-refractivity contribution < 1.29 is 4.74 Å². The molecular formula is C14H20BrNO. The monoisotopic (exact) mass is 297 g/mol. The smallest absolute Gasteiger partial charge is 0.119 e. The number of benzene rings is 1. The highest BCUT2D eigenvalue weighted by molar-refractivity contribution is 9.10. The summed E-state index contributed by atoms with van der Waals surface area (Å²) < 4.78 is 6.73. The number of hydrogen-bond donors (Lipinski definition) is 1. The van der Waals surface area contributed by atoms with Gasteiger partial charge < -0.3 is 10.1 Å². The number of ether oxygens (including phenoxy) is 1. The van der Waals surface area contributed by atoms with E-state index in [1.807, 2.05) is 24.3 Å². The van der Waals surface area contributed by atoms with E-state index < -0.39 is 0 Å². The van der Waals surface area contributed by atoms with Gasteiger partial charge in [0.15, 0.2) is 0 Å². The quantitative estimate of drug-likeness (QED) is 0.810. The Morgan fingerprint density at radius 3 is 2.59 bits per heavy atom. The second-order valence-electron chi connectivity index (χ2n) is 4.66. The van der Waals surface area contributed by atoms with Gasteiger partial charge in [-0.2, -0.15) is 0 Å². The van der Waals surface area contributed by atoms with Crippen molar-refractivity contribution in [3.63, 3.8) is 0 Å². The Balaban J connectivity index is 1.55. The maximum atomic E-state index is 5.64. The average molecular weight is 298 g/mol. The summed E-state index contributed by atoms with van der Waals surface area (Å²) in [5.41, 5.74) is 0. The predicted octanol–water partition coefficient (Wildman–Crippen LogP) is 3.61. The van der Waals surface area contributed by atoms with Crippen LogP contribution in [0, 0.1) is 5.92 Å². The fourth-order valence-corrected chi connectivity index (χ4v) is 2.56. The molecule has 1 aromatic carbocycles. The lowest BCUT2D eigenvalue weighted by Crippen LogP contribution is -2.26. The molecule has 0 radical (unpaired) electrons. The van der Waals surface area contributed by atoms with Crippen LogP contribution in [0.15, 0.2) is 28.7 Å². The molecule has 0 saturated heterocycles. The second kappa shape index (κ2) is 7.02. The molecule has 1 saturated carbocycles. The van der Waals surface area contributed by atoms with Crippen LogP contribution < -0.4 is 10.1 Å². The first-order chi connectivity index (χ1) is 8.34. The molecule has 1 aliphatic carbocycles. The van der Waals surface area contributed by atoms with Crippen LogP contribution in [0.1, 0.15) is 25.7 Å². The Morgan fingerprint density at radius 1 is 1.18 bits per heavy atom. The fourth-order valence-electron chi connectivity index (χ4n) is 2.29. The van der Waals surface area contributed by atoms with E-state index in [1.165, 1.54) is 25.7 Å².